The highest BCUT2D eigenvalue weighted by Crippen LogP contribution is 2.33. The molecule has 3 aliphatic rings. The van der Waals surface area contributed by atoms with Crippen LogP contribution in [0.15, 0.2) is 10.9 Å². The van der Waals surface area contributed by atoms with Crippen LogP contribution in [-0.4, -0.2) is 101 Å². The van der Waals surface area contributed by atoms with Crippen molar-refractivity contribution < 1.29 is 33.8 Å². The fourth-order valence-electron chi connectivity index (χ4n) is 7.15. The third kappa shape index (κ3) is 11.3. The van der Waals surface area contributed by atoms with Crippen LogP contribution in [0, 0.1) is 17.8 Å². The van der Waals surface area contributed by atoms with Crippen LogP contribution < -0.4 is 5.32 Å². The van der Waals surface area contributed by atoms with Gasteiger partial charge < -0.3 is 29.7 Å². The average molecular weight is 663 g/mol. The van der Waals surface area contributed by atoms with E-state index < -0.39 is 36.0 Å². The number of hydrogen-bond acceptors (Lipinski definition) is 9. The first-order chi connectivity index (χ1) is 22.2. The fraction of sp³-hybridized carbons (Fsp3) is 0.794. The lowest BCUT2D eigenvalue weighted by molar-refractivity contribution is -0.165. The second-order valence-corrected chi connectivity index (χ2v) is 14.3. The summed E-state index contributed by atoms with van der Waals surface area (Å²) in [5.74, 6) is -1.79. The van der Waals surface area contributed by atoms with Gasteiger partial charge in [-0.15, -0.1) is 11.3 Å². The molecule has 1 aromatic rings. The SMILES string of the molecule is CC(C)OC(=O)[C@H](O)[C@H](CC1CCCCC1)N(CC1CCCCC1)C(=O)[C@@H](CC(=O)NCC(=O)N1CCOCC1)Cc1cscn1. The summed E-state index contributed by atoms with van der Waals surface area (Å²) in [6, 6.07) is -0.757. The molecule has 0 spiro atoms. The van der Waals surface area contributed by atoms with Crippen LogP contribution >= 0.6 is 11.3 Å². The Hall–Kier alpha value is -2.57. The monoisotopic (exact) mass is 662 g/mol. The summed E-state index contributed by atoms with van der Waals surface area (Å²) in [5, 5.41) is 16.2. The van der Waals surface area contributed by atoms with Crippen LogP contribution in [0.5, 0.6) is 0 Å². The zero-order valence-electron chi connectivity index (χ0n) is 27.7. The number of aliphatic hydroxyl groups excluding tert-OH is 1. The molecule has 1 aromatic heterocycles. The van der Waals surface area contributed by atoms with Crippen molar-refractivity contribution in [1.29, 1.82) is 0 Å². The largest absolute Gasteiger partial charge is 0.461 e. The number of aromatic nitrogens is 1. The first-order valence-corrected chi connectivity index (χ1v) is 18.3. The predicted octanol–water partition coefficient (Wildman–Crippen LogP) is 3.73. The molecule has 2 aliphatic carbocycles. The summed E-state index contributed by atoms with van der Waals surface area (Å²) in [6.45, 7) is 5.69. The highest BCUT2D eigenvalue weighted by atomic mass is 32.1. The van der Waals surface area contributed by atoms with Crippen LogP contribution in [0.4, 0.5) is 0 Å². The first-order valence-electron chi connectivity index (χ1n) is 17.4. The van der Waals surface area contributed by atoms with Crippen LogP contribution in [0.25, 0.3) is 0 Å². The summed E-state index contributed by atoms with van der Waals surface area (Å²) in [4.78, 5) is 61.8. The van der Waals surface area contributed by atoms with Gasteiger partial charge in [-0.2, -0.15) is 0 Å². The number of amides is 3. The Morgan fingerprint density at radius 1 is 1.04 bits per heavy atom. The molecule has 2 N–H and O–H groups in total. The van der Waals surface area contributed by atoms with Gasteiger partial charge in [-0.3, -0.25) is 14.4 Å². The molecule has 0 aromatic carbocycles. The average Bonchev–Trinajstić information content (AvgIpc) is 3.58. The first kappa shape index (κ1) is 36.3. The van der Waals surface area contributed by atoms with E-state index in [1.54, 1.807) is 29.2 Å². The van der Waals surface area contributed by atoms with Crippen molar-refractivity contribution in [3.8, 4) is 0 Å². The van der Waals surface area contributed by atoms with E-state index in [1.165, 1.54) is 17.8 Å². The minimum Gasteiger partial charge on any atom is -0.461 e. The number of nitrogens with one attached hydrogen (secondary N) is 1. The molecule has 258 valence electrons. The summed E-state index contributed by atoms with van der Waals surface area (Å²) in [7, 11) is 0. The summed E-state index contributed by atoms with van der Waals surface area (Å²) < 4.78 is 10.8. The number of esters is 1. The Morgan fingerprint density at radius 2 is 1.70 bits per heavy atom. The maximum atomic E-state index is 14.8. The highest BCUT2D eigenvalue weighted by molar-refractivity contribution is 7.07. The van der Waals surface area contributed by atoms with Gasteiger partial charge in [0.15, 0.2) is 6.10 Å². The van der Waals surface area contributed by atoms with Gasteiger partial charge in [0.25, 0.3) is 0 Å². The van der Waals surface area contributed by atoms with E-state index in [9.17, 15) is 24.3 Å². The molecule has 0 unspecified atom stereocenters. The zero-order valence-corrected chi connectivity index (χ0v) is 28.5. The third-order valence-corrected chi connectivity index (χ3v) is 10.3. The highest BCUT2D eigenvalue weighted by Gasteiger charge is 2.41. The Bertz CT molecular complexity index is 1100. The molecule has 0 radical (unpaired) electrons. The lowest BCUT2D eigenvalue weighted by Gasteiger charge is -2.41. The van der Waals surface area contributed by atoms with Crippen molar-refractivity contribution in [2.45, 2.75) is 116 Å². The maximum Gasteiger partial charge on any atom is 0.337 e. The Balaban J connectivity index is 1.58. The van der Waals surface area contributed by atoms with Gasteiger partial charge in [-0.1, -0.05) is 51.4 Å². The van der Waals surface area contributed by atoms with Crippen molar-refractivity contribution in [2.75, 3.05) is 39.4 Å². The van der Waals surface area contributed by atoms with E-state index in [0.29, 0.717) is 45.0 Å². The van der Waals surface area contributed by atoms with Crippen LogP contribution in [0.3, 0.4) is 0 Å². The lowest BCUT2D eigenvalue weighted by Crippen LogP contribution is -2.55. The number of thiazole rings is 1. The third-order valence-electron chi connectivity index (χ3n) is 9.64. The molecule has 1 aliphatic heterocycles. The second-order valence-electron chi connectivity index (χ2n) is 13.6. The van der Waals surface area contributed by atoms with Gasteiger partial charge in [0.1, 0.15) is 0 Å². The minimum atomic E-state index is -1.49. The Labute approximate surface area is 277 Å². The molecular formula is C34H54N4O7S. The van der Waals surface area contributed by atoms with Crippen molar-refractivity contribution in [1.82, 2.24) is 20.1 Å². The number of nitrogens with zero attached hydrogens (tertiary/aromatic N) is 3. The molecular weight excluding hydrogens is 608 g/mol. The minimum absolute atomic E-state index is 0.128. The maximum absolute atomic E-state index is 14.8. The number of aliphatic hydroxyl groups is 1. The molecule has 3 fully saturated rings. The normalized spacial score (nSPS) is 20.1. The van der Waals surface area contributed by atoms with Gasteiger partial charge in [0, 0.05) is 37.9 Å². The van der Waals surface area contributed by atoms with Gasteiger partial charge in [0.2, 0.25) is 17.7 Å². The van der Waals surface area contributed by atoms with E-state index in [-0.39, 0.29) is 43.0 Å². The van der Waals surface area contributed by atoms with Crippen molar-refractivity contribution in [2.24, 2.45) is 17.8 Å². The molecule has 2 saturated carbocycles. The van der Waals surface area contributed by atoms with Gasteiger partial charge in [0.05, 0.1) is 49.0 Å². The van der Waals surface area contributed by atoms with Crippen molar-refractivity contribution >= 4 is 35.0 Å². The van der Waals surface area contributed by atoms with E-state index >= 15 is 0 Å². The van der Waals surface area contributed by atoms with Gasteiger partial charge >= 0.3 is 5.97 Å². The van der Waals surface area contributed by atoms with Crippen molar-refractivity contribution in [3.63, 3.8) is 0 Å². The molecule has 1 saturated heterocycles. The fourth-order valence-corrected chi connectivity index (χ4v) is 7.72. The number of morpholine rings is 1. The predicted molar refractivity (Wildman–Crippen MR) is 175 cm³/mol. The molecule has 3 amide bonds. The van der Waals surface area contributed by atoms with Crippen LogP contribution in [-0.2, 0) is 35.1 Å². The van der Waals surface area contributed by atoms with E-state index in [1.807, 2.05) is 5.38 Å². The number of rotatable bonds is 15. The molecule has 2 heterocycles. The second kappa shape index (κ2) is 18.7. The van der Waals surface area contributed by atoms with Gasteiger partial charge in [-0.25, -0.2) is 9.78 Å². The summed E-state index contributed by atoms with van der Waals surface area (Å²) in [5.41, 5.74) is 2.41. The molecule has 3 atom stereocenters. The molecule has 4 rings (SSSR count). The standard InChI is InChI=1S/C34H54N4O7S/c1-24(2)45-34(43)32(41)29(17-25-9-5-3-6-10-25)38(21-26-11-7-4-8-12-26)33(42)27(18-28-22-46-23-36-28)19-30(39)35-20-31(40)37-13-15-44-16-14-37/h22-27,29,32,41H,3-21H2,1-2H3,(H,35,39)/t27-,29+,32-/m1/s1. The van der Waals surface area contributed by atoms with Crippen molar-refractivity contribution in [3.05, 3.63) is 16.6 Å². The quantitative estimate of drug-likeness (QED) is 0.271. The lowest BCUT2D eigenvalue weighted by atomic mass is 9.82. The van der Waals surface area contributed by atoms with Gasteiger partial charge in [-0.05, 0) is 44.9 Å². The Morgan fingerprint density at radius 3 is 2.30 bits per heavy atom. The molecule has 46 heavy (non-hydrogen) atoms. The van der Waals surface area contributed by atoms with Crippen LogP contribution in [0.2, 0.25) is 0 Å². The number of carbonyl (C=O) groups excluding carboxylic acids is 4. The molecule has 0 bridgehead atoms. The van der Waals surface area contributed by atoms with E-state index in [0.717, 1.165) is 57.8 Å². The van der Waals surface area contributed by atoms with E-state index in [4.69, 9.17) is 9.47 Å². The smallest absolute Gasteiger partial charge is 0.337 e. The van der Waals surface area contributed by atoms with Crippen LogP contribution in [0.1, 0.15) is 96.6 Å². The number of carbonyl (C=O) groups is 4. The molecule has 11 nitrogen and oxygen atoms in total. The molecule has 12 heteroatoms. The Kier molecular flexibility index (Phi) is 14.7. The summed E-state index contributed by atoms with van der Waals surface area (Å²) >= 11 is 1.42. The number of hydrogen-bond donors (Lipinski definition) is 2. The zero-order chi connectivity index (χ0) is 32.9. The topological polar surface area (TPSA) is 138 Å². The van der Waals surface area contributed by atoms with E-state index in [2.05, 4.69) is 10.3 Å². The number of ether oxygens (including phenoxy) is 2. The summed E-state index contributed by atoms with van der Waals surface area (Å²) in [6.07, 6.45) is 9.37.